The lowest BCUT2D eigenvalue weighted by Crippen LogP contribution is -2.63. The average Bonchev–Trinajstić information content (AvgIpc) is 3.91. The quantitative estimate of drug-likeness (QED) is 0.0581. The molecule has 3 aliphatic heterocycles. The van der Waals surface area contributed by atoms with E-state index in [9.17, 15) is 42.0 Å². The van der Waals surface area contributed by atoms with Gasteiger partial charge < -0.3 is 43.7 Å². The number of likely N-dealkylation sites (N-methyl/N-ethyl adjacent to an activating group) is 1. The Morgan fingerprint density at radius 1 is 1.20 bits per heavy atom. The van der Waals surface area contributed by atoms with Gasteiger partial charge in [0.2, 0.25) is 11.8 Å². The van der Waals surface area contributed by atoms with Crippen molar-refractivity contribution in [1.29, 1.82) is 0 Å². The van der Waals surface area contributed by atoms with E-state index in [0.717, 1.165) is 11.1 Å². The van der Waals surface area contributed by atoms with Crippen LogP contribution >= 0.6 is 33.2 Å². The van der Waals surface area contributed by atoms with Gasteiger partial charge in [0.25, 0.3) is 10.1 Å². The highest BCUT2D eigenvalue weighted by molar-refractivity contribution is 8.77. The number of hydrogen-bond acceptors (Lipinski definition) is 15. The number of alkyl carbamates (subject to hydrolysis) is 1. The fourth-order valence-electron chi connectivity index (χ4n) is 7.60. The second kappa shape index (κ2) is 21.4. The van der Waals surface area contributed by atoms with Gasteiger partial charge in [-0.25, -0.2) is 9.59 Å². The van der Waals surface area contributed by atoms with Gasteiger partial charge in [-0.15, -0.1) is 0 Å². The number of halogens is 1. The first-order valence-corrected chi connectivity index (χ1v) is 24.7. The topological polar surface area (TPSA) is 248 Å². The minimum absolute atomic E-state index is 0.00418. The number of benzene rings is 1. The SMILES string of the molecule is COc1cc2cc(c1Cl)N(C)C(=O)CC(OC(=O)[C@H](C)N(C)C(=O)CCC(C)(C)SSCCC(C(=O)O)S(=O)(=O)O)[C@]1(C)O[C@H]1[C@H](C)[C@@H]1C[C@@](O)(NC(=O)O1)[C@H](OC)/C=C/C=C(/C)C2. The van der Waals surface area contributed by atoms with Crippen LogP contribution in [-0.2, 0) is 54.7 Å². The average molecular weight is 979 g/mol. The summed E-state index contributed by atoms with van der Waals surface area (Å²) in [6, 6.07) is 2.39. The molecule has 18 nitrogen and oxygen atoms in total. The lowest BCUT2D eigenvalue weighted by molar-refractivity contribution is -0.162. The molecular weight excluding hydrogens is 918 g/mol. The van der Waals surface area contributed by atoms with Crippen LogP contribution in [0, 0.1) is 5.92 Å². The summed E-state index contributed by atoms with van der Waals surface area (Å²) in [7, 11) is 3.61. The number of anilines is 1. The molecule has 64 heavy (non-hydrogen) atoms. The number of aliphatic carboxylic acids is 1. The molecule has 2 fully saturated rings. The van der Waals surface area contributed by atoms with Crippen molar-refractivity contribution in [3.05, 3.63) is 46.5 Å². The van der Waals surface area contributed by atoms with Crippen LogP contribution < -0.4 is 15.0 Å². The normalized spacial score (nSPS) is 28.9. The van der Waals surface area contributed by atoms with Crippen molar-refractivity contribution in [1.82, 2.24) is 10.2 Å². The summed E-state index contributed by atoms with van der Waals surface area (Å²) in [5.41, 5.74) is -1.19. The number of nitrogens with zero attached hydrogens (tertiary/aromatic N) is 2. The number of esters is 1. The standard InChI is InChI=1S/C42H60ClN3O15S3/c1-23-12-11-13-31(58-10)42(53)22-29(59-39(52)44-42)24(2)36-41(6,61-36)32(21-34(48)46(8)27-19-26(18-23)20-28(57-9)35(27)43)60-38(51)25(3)45(7)33(47)14-16-40(4,5)63-62-17-15-30(37(49)50)64(54,55)56/h11-13,19-20,24-25,29-32,36,53H,14-18,21-22H2,1-10H3,(H,44,52)(H,49,50)(H,54,55,56)/b13-11+,23-12-/t24-,25+,29+,30?,31-,32?,36+,41+,42+/m1/s1. The van der Waals surface area contributed by atoms with Crippen molar-refractivity contribution in [3.63, 3.8) is 0 Å². The number of fused-ring (bicyclic) bond motifs is 5. The van der Waals surface area contributed by atoms with E-state index >= 15 is 0 Å². The maximum atomic E-state index is 14.3. The molecule has 4 rings (SSSR count). The summed E-state index contributed by atoms with van der Waals surface area (Å²) >= 11 is 6.78. The Bertz CT molecular complexity index is 2100. The van der Waals surface area contributed by atoms with Gasteiger partial charge in [-0.2, -0.15) is 8.42 Å². The van der Waals surface area contributed by atoms with Crippen LogP contribution in [0.4, 0.5) is 10.5 Å². The largest absolute Gasteiger partial charge is 0.495 e. The number of epoxide rings is 1. The lowest BCUT2D eigenvalue weighted by Gasteiger charge is -2.42. The molecule has 358 valence electrons. The van der Waals surface area contributed by atoms with Gasteiger partial charge >= 0.3 is 18.0 Å². The molecule has 0 radical (unpaired) electrons. The van der Waals surface area contributed by atoms with Crippen LogP contribution in [0.2, 0.25) is 5.02 Å². The summed E-state index contributed by atoms with van der Waals surface area (Å²) in [6.45, 7) is 10.5. The molecule has 3 heterocycles. The van der Waals surface area contributed by atoms with E-state index in [2.05, 4.69) is 5.32 Å². The van der Waals surface area contributed by atoms with Crippen LogP contribution in [0.5, 0.6) is 5.75 Å². The van der Waals surface area contributed by atoms with Crippen LogP contribution in [0.1, 0.15) is 79.2 Å². The van der Waals surface area contributed by atoms with E-state index in [1.54, 1.807) is 38.1 Å². The molecule has 4 bridgehead atoms. The Morgan fingerprint density at radius 2 is 1.88 bits per heavy atom. The second-order valence-electron chi connectivity index (χ2n) is 17.2. The fraction of sp³-hybridized carbons (Fsp3) is 0.643. The Labute approximate surface area is 387 Å². The smallest absolute Gasteiger partial charge is 0.409 e. The molecule has 0 spiro atoms. The number of methoxy groups -OCH3 is 2. The number of carbonyl (C=O) groups excluding carboxylic acids is 4. The maximum Gasteiger partial charge on any atom is 0.409 e. The Kier molecular flexibility index (Phi) is 17.7. The minimum Gasteiger partial charge on any atom is -0.495 e. The first kappa shape index (κ1) is 53.0. The van der Waals surface area contributed by atoms with Crippen molar-refractivity contribution in [2.24, 2.45) is 5.92 Å². The van der Waals surface area contributed by atoms with Gasteiger partial charge in [-0.3, -0.25) is 24.3 Å². The van der Waals surface area contributed by atoms with E-state index in [1.165, 1.54) is 66.6 Å². The number of aliphatic hydroxyl groups is 1. The molecule has 3 amide bonds. The third-order valence-corrected chi connectivity index (χ3v) is 16.8. The molecule has 1 aromatic carbocycles. The second-order valence-corrected chi connectivity index (χ2v) is 22.3. The number of hydrogen-bond donors (Lipinski definition) is 4. The molecule has 3 aliphatic rings. The molecule has 4 N–H and O–H groups in total. The molecule has 22 heteroatoms. The molecule has 9 atom stereocenters. The summed E-state index contributed by atoms with van der Waals surface area (Å²) in [6.07, 6.45) is 0.374. The molecule has 2 saturated heterocycles. The van der Waals surface area contributed by atoms with E-state index in [-0.39, 0.29) is 36.5 Å². The van der Waals surface area contributed by atoms with E-state index < -0.39 is 97.7 Å². The van der Waals surface area contributed by atoms with E-state index in [0.29, 0.717) is 24.3 Å². The van der Waals surface area contributed by atoms with Crippen molar-refractivity contribution >= 4 is 78.8 Å². The number of ether oxygens (including phenoxy) is 5. The number of amides is 3. The van der Waals surface area contributed by atoms with Gasteiger partial charge in [0, 0.05) is 50.5 Å². The third-order valence-electron chi connectivity index (χ3n) is 11.8. The van der Waals surface area contributed by atoms with Crippen molar-refractivity contribution < 1.29 is 70.8 Å². The zero-order valence-electron chi connectivity index (χ0n) is 37.6. The van der Waals surface area contributed by atoms with Gasteiger partial charge in [0.1, 0.15) is 40.7 Å². The third kappa shape index (κ3) is 13.1. The van der Waals surface area contributed by atoms with Gasteiger partial charge in [0.05, 0.1) is 25.3 Å². The fourth-order valence-corrected chi connectivity index (χ4v) is 11.4. The van der Waals surface area contributed by atoms with Crippen molar-refractivity contribution in [2.75, 3.05) is 39.0 Å². The minimum atomic E-state index is -4.77. The van der Waals surface area contributed by atoms with Crippen molar-refractivity contribution in [2.45, 2.75) is 132 Å². The number of carboxylic acids is 1. The van der Waals surface area contributed by atoms with E-state index in [1.807, 2.05) is 26.8 Å². The first-order valence-electron chi connectivity index (χ1n) is 20.5. The Morgan fingerprint density at radius 3 is 2.48 bits per heavy atom. The van der Waals surface area contributed by atoms with Crippen LogP contribution in [0.15, 0.2) is 35.9 Å². The summed E-state index contributed by atoms with van der Waals surface area (Å²) in [5, 5.41) is 21.7. The predicted molar refractivity (Wildman–Crippen MR) is 242 cm³/mol. The number of rotatable bonds is 15. The Hall–Kier alpha value is -3.57. The molecule has 2 unspecified atom stereocenters. The number of nitrogens with one attached hydrogen (secondary N) is 1. The highest BCUT2D eigenvalue weighted by Crippen LogP contribution is 2.49. The molecule has 0 aliphatic carbocycles. The lowest BCUT2D eigenvalue weighted by atomic mass is 9.83. The van der Waals surface area contributed by atoms with Crippen molar-refractivity contribution in [3.8, 4) is 5.75 Å². The van der Waals surface area contributed by atoms with Gasteiger partial charge in [0.15, 0.2) is 11.0 Å². The summed E-state index contributed by atoms with van der Waals surface area (Å²) in [4.78, 5) is 68.5. The zero-order chi connectivity index (χ0) is 48.1. The molecular formula is C42H60ClN3O15S3. The zero-order valence-corrected chi connectivity index (χ0v) is 40.8. The molecule has 1 aromatic rings. The van der Waals surface area contributed by atoms with E-state index in [4.69, 9.17) is 40.4 Å². The maximum absolute atomic E-state index is 14.3. The summed E-state index contributed by atoms with van der Waals surface area (Å²) in [5.74, 6) is -3.53. The highest BCUT2D eigenvalue weighted by atomic mass is 35.5. The van der Waals surface area contributed by atoms with Crippen LogP contribution in [-0.4, -0.2) is 144 Å². The highest BCUT2D eigenvalue weighted by Gasteiger charge is 2.64. The number of carbonyl (C=O) groups is 5. The van der Waals surface area contributed by atoms with Gasteiger partial charge in [-0.05, 0) is 71.6 Å². The van der Waals surface area contributed by atoms with Gasteiger partial charge in [-0.1, -0.05) is 63.9 Å². The Balaban J connectivity index is 1.58. The summed E-state index contributed by atoms with van der Waals surface area (Å²) < 4.78 is 60.8. The first-order chi connectivity index (χ1) is 29.7. The molecule has 0 saturated carbocycles. The van der Waals surface area contributed by atoms with Crippen LogP contribution in [0.25, 0.3) is 0 Å². The predicted octanol–water partition coefficient (Wildman–Crippen LogP) is 5.19. The van der Waals surface area contributed by atoms with Crippen LogP contribution in [0.3, 0.4) is 0 Å². The molecule has 0 aromatic heterocycles. The number of carboxylic acid groups (broad SMARTS) is 1. The number of allylic oxidation sites excluding steroid dienone is 3. The monoisotopic (exact) mass is 977 g/mol.